The third kappa shape index (κ3) is 3.00. The van der Waals surface area contributed by atoms with Crippen molar-refractivity contribution in [2.45, 2.75) is 45.2 Å². The predicted octanol–water partition coefficient (Wildman–Crippen LogP) is 3.10. The fourth-order valence-corrected chi connectivity index (χ4v) is 3.16. The summed E-state index contributed by atoms with van der Waals surface area (Å²) >= 11 is 3.53. The van der Waals surface area contributed by atoms with Gasteiger partial charge in [-0.3, -0.25) is 4.79 Å². The Morgan fingerprint density at radius 1 is 1.47 bits per heavy atom. The Balaban J connectivity index is 2.29. The Morgan fingerprint density at radius 3 is 2.89 bits per heavy atom. The predicted molar refractivity (Wildman–Crippen MR) is 81.2 cm³/mol. The molecular weight excluding hydrogens is 304 g/mol. The zero-order valence-corrected chi connectivity index (χ0v) is 13.1. The molecule has 3 nitrogen and oxygen atoms in total. The fourth-order valence-electron chi connectivity index (χ4n) is 2.72. The summed E-state index contributed by atoms with van der Waals surface area (Å²) in [4.78, 5) is 14.7. The molecule has 1 heterocycles. The number of hydrogen-bond acceptors (Lipinski definition) is 2. The van der Waals surface area contributed by atoms with E-state index in [1.54, 1.807) is 0 Å². The van der Waals surface area contributed by atoms with Gasteiger partial charge in [0.1, 0.15) is 0 Å². The summed E-state index contributed by atoms with van der Waals surface area (Å²) in [5.41, 5.74) is 7.86. The van der Waals surface area contributed by atoms with Gasteiger partial charge < -0.3 is 10.6 Å². The number of hydrogen-bond donors (Lipinski definition) is 1. The molecule has 0 aromatic heterocycles. The number of carbonyl (C=O) groups excluding carboxylic acids is 1. The van der Waals surface area contributed by atoms with Crippen molar-refractivity contribution < 1.29 is 4.79 Å². The van der Waals surface area contributed by atoms with Crippen molar-refractivity contribution in [3.8, 4) is 0 Å². The van der Waals surface area contributed by atoms with Gasteiger partial charge in [-0.05, 0) is 60.7 Å². The van der Waals surface area contributed by atoms with E-state index in [0.29, 0.717) is 0 Å². The van der Waals surface area contributed by atoms with E-state index in [1.165, 1.54) is 0 Å². The highest BCUT2D eigenvalue weighted by atomic mass is 79.9. The van der Waals surface area contributed by atoms with Crippen molar-refractivity contribution in [3.63, 3.8) is 0 Å². The van der Waals surface area contributed by atoms with Crippen LogP contribution in [0.2, 0.25) is 0 Å². The number of benzene rings is 1. The molecule has 2 rings (SSSR count). The van der Waals surface area contributed by atoms with Gasteiger partial charge in [-0.2, -0.15) is 0 Å². The normalized spacial score (nSPS) is 21.3. The molecule has 2 atom stereocenters. The molecule has 1 saturated heterocycles. The smallest absolute Gasteiger partial charge is 0.255 e. The van der Waals surface area contributed by atoms with Gasteiger partial charge in [0, 0.05) is 23.1 Å². The molecule has 19 heavy (non-hydrogen) atoms. The number of halogens is 1. The highest BCUT2D eigenvalue weighted by molar-refractivity contribution is 9.10. The monoisotopic (exact) mass is 324 g/mol. The highest BCUT2D eigenvalue weighted by Gasteiger charge is 2.30. The van der Waals surface area contributed by atoms with Crippen molar-refractivity contribution in [1.29, 1.82) is 0 Å². The van der Waals surface area contributed by atoms with Crippen molar-refractivity contribution >= 4 is 21.8 Å². The Morgan fingerprint density at radius 2 is 2.21 bits per heavy atom. The zero-order valence-electron chi connectivity index (χ0n) is 11.5. The van der Waals surface area contributed by atoms with E-state index in [4.69, 9.17) is 5.73 Å². The second kappa shape index (κ2) is 6.06. The van der Waals surface area contributed by atoms with Crippen LogP contribution in [0.1, 0.15) is 42.1 Å². The number of amides is 1. The molecule has 0 bridgehead atoms. The minimum atomic E-state index is 0.0211. The van der Waals surface area contributed by atoms with Gasteiger partial charge >= 0.3 is 0 Å². The number of piperidine rings is 1. The molecule has 1 aromatic carbocycles. The van der Waals surface area contributed by atoms with Crippen LogP contribution in [0.4, 0.5) is 0 Å². The molecule has 104 valence electrons. The second-order valence-electron chi connectivity index (χ2n) is 5.36. The zero-order chi connectivity index (χ0) is 14.0. The van der Waals surface area contributed by atoms with Gasteiger partial charge in [0.05, 0.1) is 5.56 Å². The largest absolute Gasteiger partial charge is 0.334 e. The van der Waals surface area contributed by atoms with E-state index in [2.05, 4.69) is 15.9 Å². The summed E-state index contributed by atoms with van der Waals surface area (Å²) in [5.74, 6) is 0.0950. The fraction of sp³-hybridized carbons (Fsp3) is 0.533. The van der Waals surface area contributed by atoms with Crippen molar-refractivity contribution in [1.82, 2.24) is 4.90 Å². The Bertz CT molecular complexity index is 473. The van der Waals surface area contributed by atoms with E-state index in [1.807, 2.05) is 36.9 Å². The van der Waals surface area contributed by atoms with Gasteiger partial charge in [0.25, 0.3) is 5.91 Å². The van der Waals surface area contributed by atoms with Crippen molar-refractivity contribution in [2.75, 3.05) is 6.54 Å². The number of nitrogens with zero attached hydrogens (tertiary/aromatic N) is 1. The average molecular weight is 325 g/mol. The molecule has 0 spiro atoms. The van der Waals surface area contributed by atoms with Crippen LogP contribution in [0.5, 0.6) is 0 Å². The lowest BCUT2D eigenvalue weighted by molar-refractivity contribution is 0.0583. The molecule has 1 fully saturated rings. The number of carbonyl (C=O) groups is 1. The van der Waals surface area contributed by atoms with E-state index in [9.17, 15) is 4.79 Å². The topological polar surface area (TPSA) is 46.3 Å². The van der Waals surface area contributed by atoms with Crippen LogP contribution >= 0.6 is 15.9 Å². The first-order valence-corrected chi connectivity index (χ1v) is 7.63. The maximum absolute atomic E-state index is 12.7. The first kappa shape index (κ1) is 14.5. The van der Waals surface area contributed by atoms with Crippen LogP contribution in [0.15, 0.2) is 22.7 Å². The SMILES string of the molecule is Cc1cccc(C(=O)N2CCCCC2C(C)N)c1Br. The van der Waals surface area contributed by atoms with Crippen molar-refractivity contribution in [2.24, 2.45) is 5.73 Å². The molecule has 0 aliphatic carbocycles. The standard InChI is InChI=1S/C15H21BrN2O/c1-10-6-5-7-12(14(10)16)15(19)18-9-4-3-8-13(18)11(2)17/h5-7,11,13H,3-4,8-9,17H2,1-2H3. The summed E-state index contributed by atoms with van der Waals surface area (Å²) < 4.78 is 0.897. The van der Waals surface area contributed by atoms with Crippen LogP contribution in [-0.4, -0.2) is 29.4 Å². The van der Waals surface area contributed by atoms with Crippen LogP contribution in [0, 0.1) is 6.92 Å². The molecule has 1 amide bonds. The minimum Gasteiger partial charge on any atom is -0.334 e. The van der Waals surface area contributed by atoms with Gasteiger partial charge in [0.15, 0.2) is 0 Å². The summed E-state index contributed by atoms with van der Waals surface area (Å²) in [7, 11) is 0. The molecule has 0 saturated carbocycles. The third-order valence-electron chi connectivity index (χ3n) is 3.84. The molecule has 2 N–H and O–H groups in total. The summed E-state index contributed by atoms with van der Waals surface area (Å²) in [6.07, 6.45) is 3.23. The Kier molecular flexibility index (Phi) is 4.63. The summed E-state index contributed by atoms with van der Waals surface area (Å²) in [6, 6.07) is 5.99. The second-order valence-corrected chi connectivity index (χ2v) is 6.15. The maximum atomic E-state index is 12.7. The van der Waals surface area contributed by atoms with Crippen LogP contribution < -0.4 is 5.73 Å². The summed E-state index contributed by atoms with van der Waals surface area (Å²) in [6.45, 7) is 4.80. The maximum Gasteiger partial charge on any atom is 0.255 e. The van der Waals surface area contributed by atoms with E-state index in [-0.39, 0.29) is 18.0 Å². The first-order chi connectivity index (χ1) is 9.02. The summed E-state index contributed by atoms with van der Waals surface area (Å²) in [5, 5.41) is 0. The Labute approximate surface area is 123 Å². The first-order valence-electron chi connectivity index (χ1n) is 6.84. The number of nitrogens with two attached hydrogens (primary N) is 1. The van der Waals surface area contributed by atoms with Crippen LogP contribution in [0.3, 0.4) is 0 Å². The van der Waals surface area contributed by atoms with Crippen LogP contribution in [0.25, 0.3) is 0 Å². The Hall–Kier alpha value is -0.870. The number of likely N-dealkylation sites (tertiary alicyclic amines) is 1. The quantitative estimate of drug-likeness (QED) is 0.908. The third-order valence-corrected chi connectivity index (χ3v) is 4.89. The van der Waals surface area contributed by atoms with E-state index >= 15 is 0 Å². The molecule has 1 aromatic rings. The molecule has 0 radical (unpaired) electrons. The average Bonchev–Trinajstić information content (AvgIpc) is 2.41. The van der Waals surface area contributed by atoms with E-state index < -0.39 is 0 Å². The van der Waals surface area contributed by atoms with Gasteiger partial charge in [-0.15, -0.1) is 0 Å². The van der Waals surface area contributed by atoms with Crippen LogP contribution in [-0.2, 0) is 0 Å². The lowest BCUT2D eigenvalue weighted by Crippen LogP contribution is -2.51. The molecule has 2 unspecified atom stereocenters. The van der Waals surface area contributed by atoms with Gasteiger partial charge in [-0.1, -0.05) is 12.1 Å². The lowest BCUT2D eigenvalue weighted by Gasteiger charge is -2.38. The van der Waals surface area contributed by atoms with Gasteiger partial charge in [0.2, 0.25) is 0 Å². The highest BCUT2D eigenvalue weighted by Crippen LogP contribution is 2.26. The number of aryl methyl sites for hydroxylation is 1. The molecule has 1 aliphatic rings. The van der Waals surface area contributed by atoms with Gasteiger partial charge in [-0.25, -0.2) is 0 Å². The van der Waals surface area contributed by atoms with Crippen molar-refractivity contribution in [3.05, 3.63) is 33.8 Å². The van der Waals surface area contributed by atoms with E-state index in [0.717, 1.165) is 41.4 Å². The molecule has 4 heteroatoms. The minimum absolute atomic E-state index is 0.0211. The number of rotatable bonds is 2. The lowest BCUT2D eigenvalue weighted by atomic mass is 9.96. The molecular formula is C15H21BrN2O. The molecule has 1 aliphatic heterocycles.